The van der Waals surface area contributed by atoms with Gasteiger partial charge in [-0.3, -0.25) is 4.79 Å². The zero-order valence-corrected chi connectivity index (χ0v) is 10.0. The molecular weight excluding hydrogens is 285 g/mol. The number of methoxy groups -OCH3 is 2. The molecule has 0 rings (SSSR count). The lowest BCUT2D eigenvalue weighted by molar-refractivity contribution is -0.156. The average molecular weight is 294 g/mol. The topological polar surface area (TPSA) is 96.0 Å². The monoisotopic (exact) mass is 294 g/mol. The van der Waals surface area contributed by atoms with Crippen LogP contribution < -0.4 is 0 Å². The molecule has 0 aromatic rings. The van der Waals surface area contributed by atoms with Crippen LogP contribution in [0.15, 0.2) is 0 Å². The molecule has 106 valence electrons. The van der Waals surface area contributed by atoms with Crippen molar-refractivity contribution in [2.75, 3.05) is 14.2 Å². The maximum atomic E-state index is 12.0. The molecule has 0 aliphatic rings. The molecule has 0 aromatic carbocycles. The summed E-state index contributed by atoms with van der Waals surface area (Å²) >= 11 is 0. The van der Waals surface area contributed by atoms with Crippen molar-refractivity contribution in [2.45, 2.75) is 18.0 Å². The molecule has 0 fully saturated rings. The molecule has 0 unspecified atom stereocenters. The highest BCUT2D eigenvalue weighted by molar-refractivity contribution is 7.87. The van der Waals surface area contributed by atoms with Crippen LogP contribution in [0.25, 0.3) is 0 Å². The number of carbonyl (C=O) groups is 2. The van der Waals surface area contributed by atoms with Crippen molar-refractivity contribution in [2.24, 2.45) is 0 Å². The quantitative estimate of drug-likeness (QED) is 0.398. The number of hydrogen-bond acceptors (Lipinski definition) is 7. The van der Waals surface area contributed by atoms with E-state index in [0.29, 0.717) is 0 Å². The minimum absolute atomic E-state index is 0.788. The van der Waals surface area contributed by atoms with Crippen LogP contribution >= 0.6 is 0 Å². The van der Waals surface area contributed by atoms with E-state index in [4.69, 9.17) is 0 Å². The summed E-state index contributed by atoms with van der Waals surface area (Å²) in [5, 5.41) is 0. The van der Waals surface area contributed by atoms with E-state index in [1.165, 1.54) is 0 Å². The minimum atomic E-state index is -6.01. The van der Waals surface area contributed by atoms with Crippen LogP contribution in [0.3, 0.4) is 0 Å². The molecule has 0 radical (unpaired) electrons. The fourth-order valence-corrected chi connectivity index (χ4v) is 1.29. The molecule has 7 nitrogen and oxygen atoms in total. The van der Waals surface area contributed by atoms with E-state index in [1.54, 1.807) is 0 Å². The van der Waals surface area contributed by atoms with Gasteiger partial charge >= 0.3 is 27.6 Å². The molecule has 0 N–H and O–H groups in total. The first-order chi connectivity index (χ1) is 8.05. The average Bonchev–Trinajstić information content (AvgIpc) is 2.24. The van der Waals surface area contributed by atoms with Gasteiger partial charge in [-0.15, -0.1) is 0 Å². The molecule has 0 aliphatic heterocycles. The molecule has 1 atom stereocenters. The Morgan fingerprint density at radius 1 is 1.17 bits per heavy atom. The van der Waals surface area contributed by atoms with Gasteiger partial charge in [0, 0.05) is 0 Å². The third kappa shape index (κ3) is 4.49. The van der Waals surface area contributed by atoms with Gasteiger partial charge in [0.25, 0.3) is 0 Å². The number of carbonyl (C=O) groups excluding carboxylic acids is 2. The molecular formula is C7H9F3O7S. The van der Waals surface area contributed by atoms with E-state index in [-0.39, 0.29) is 0 Å². The van der Waals surface area contributed by atoms with E-state index in [2.05, 4.69) is 13.7 Å². The van der Waals surface area contributed by atoms with Gasteiger partial charge in [-0.2, -0.15) is 21.6 Å². The van der Waals surface area contributed by atoms with Crippen LogP contribution in [-0.2, 0) is 33.4 Å². The second kappa shape index (κ2) is 6.00. The van der Waals surface area contributed by atoms with E-state index in [9.17, 15) is 31.2 Å². The molecule has 18 heavy (non-hydrogen) atoms. The van der Waals surface area contributed by atoms with Crippen molar-refractivity contribution in [3.05, 3.63) is 0 Å². The molecule has 0 amide bonds. The maximum absolute atomic E-state index is 12.0. The van der Waals surface area contributed by atoms with Crippen LogP contribution in [0.2, 0.25) is 0 Å². The largest absolute Gasteiger partial charge is 0.523 e. The fraction of sp³-hybridized carbons (Fsp3) is 0.714. The summed E-state index contributed by atoms with van der Waals surface area (Å²) in [4.78, 5) is 21.8. The zero-order valence-electron chi connectivity index (χ0n) is 9.18. The lowest BCUT2D eigenvalue weighted by Crippen LogP contribution is -2.36. The Hall–Kier alpha value is -1.36. The molecule has 11 heteroatoms. The normalized spacial score (nSPS) is 13.8. The summed E-state index contributed by atoms with van der Waals surface area (Å²) in [7, 11) is -4.33. The van der Waals surface area contributed by atoms with E-state index in [0.717, 1.165) is 14.2 Å². The van der Waals surface area contributed by atoms with Crippen LogP contribution in [0, 0.1) is 0 Å². The molecule has 0 spiro atoms. The van der Waals surface area contributed by atoms with Crippen molar-refractivity contribution in [3.8, 4) is 0 Å². The second-order valence-electron chi connectivity index (χ2n) is 2.79. The van der Waals surface area contributed by atoms with Gasteiger partial charge in [-0.25, -0.2) is 8.98 Å². The second-order valence-corrected chi connectivity index (χ2v) is 4.35. The van der Waals surface area contributed by atoms with Crippen LogP contribution in [0.1, 0.15) is 6.42 Å². The summed E-state index contributed by atoms with van der Waals surface area (Å²) in [6.07, 6.45) is -3.28. The fourth-order valence-electron chi connectivity index (χ4n) is 0.730. The molecule has 0 bridgehead atoms. The summed E-state index contributed by atoms with van der Waals surface area (Å²) < 4.78 is 69.0. The SMILES string of the molecule is COC(=O)C[C@H](OS(=O)(=O)C(F)(F)F)C(=O)OC. The number of esters is 2. The number of halogens is 3. The summed E-state index contributed by atoms with van der Waals surface area (Å²) in [5.74, 6) is -2.59. The third-order valence-electron chi connectivity index (χ3n) is 1.57. The Morgan fingerprint density at radius 2 is 1.67 bits per heavy atom. The van der Waals surface area contributed by atoms with E-state index >= 15 is 0 Å². The Kier molecular flexibility index (Phi) is 5.55. The Labute approximate surface area is 99.9 Å². The highest BCUT2D eigenvalue weighted by atomic mass is 32.2. The smallest absolute Gasteiger partial charge is 0.469 e. The Morgan fingerprint density at radius 3 is 2.00 bits per heavy atom. The van der Waals surface area contributed by atoms with Crippen molar-refractivity contribution in [3.63, 3.8) is 0 Å². The summed E-state index contributed by atoms with van der Waals surface area (Å²) in [6, 6.07) is 0. The number of alkyl halides is 3. The van der Waals surface area contributed by atoms with Gasteiger partial charge in [-0.1, -0.05) is 0 Å². The summed E-state index contributed by atoms with van der Waals surface area (Å²) in [6.45, 7) is 0. The lowest BCUT2D eigenvalue weighted by atomic mass is 10.2. The minimum Gasteiger partial charge on any atom is -0.469 e. The van der Waals surface area contributed by atoms with Crippen molar-refractivity contribution >= 4 is 22.1 Å². The first kappa shape index (κ1) is 16.6. The summed E-state index contributed by atoms with van der Waals surface area (Å²) in [5.41, 5.74) is -5.71. The van der Waals surface area contributed by atoms with Gasteiger partial charge in [-0.05, 0) is 0 Å². The standard InChI is InChI=1S/C7H9F3O7S/c1-15-5(11)3-4(6(12)16-2)17-18(13,14)7(8,9)10/h4H,3H2,1-2H3/t4-/m0/s1. The third-order valence-corrected chi connectivity index (χ3v) is 2.62. The predicted octanol–water partition coefficient (Wildman–Crippen LogP) is -0.0427. The lowest BCUT2D eigenvalue weighted by Gasteiger charge is -2.15. The highest BCUT2D eigenvalue weighted by Gasteiger charge is 2.50. The van der Waals surface area contributed by atoms with Gasteiger partial charge in [0.05, 0.1) is 20.6 Å². The Bertz CT molecular complexity index is 413. The van der Waals surface area contributed by atoms with Crippen molar-refractivity contribution in [1.82, 2.24) is 0 Å². The van der Waals surface area contributed by atoms with Gasteiger partial charge in [0.1, 0.15) is 0 Å². The number of hydrogen-bond donors (Lipinski definition) is 0. The predicted molar refractivity (Wildman–Crippen MR) is 48.5 cm³/mol. The molecule has 0 saturated heterocycles. The van der Waals surface area contributed by atoms with Crippen LogP contribution in [0.4, 0.5) is 13.2 Å². The first-order valence-electron chi connectivity index (χ1n) is 4.19. The van der Waals surface area contributed by atoms with Gasteiger partial charge in [0.15, 0.2) is 6.10 Å². The highest BCUT2D eigenvalue weighted by Crippen LogP contribution is 2.26. The Balaban J connectivity index is 5.03. The number of ether oxygens (including phenoxy) is 2. The number of rotatable bonds is 5. The van der Waals surface area contributed by atoms with E-state index < -0.39 is 40.1 Å². The molecule has 0 saturated carbocycles. The zero-order chi connectivity index (χ0) is 14.6. The van der Waals surface area contributed by atoms with Crippen molar-refractivity contribution in [1.29, 1.82) is 0 Å². The van der Waals surface area contributed by atoms with Crippen LogP contribution in [-0.4, -0.2) is 46.2 Å². The molecule has 0 aromatic heterocycles. The van der Waals surface area contributed by atoms with E-state index in [1.807, 2.05) is 0 Å². The molecule has 0 heterocycles. The maximum Gasteiger partial charge on any atom is 0.523 e. The first-order valence-corrected chi connectivity index (χ1v) is 5.60. The van der Waals surface area contributed by atoms with Gasteiger partial charge in [0.2, 0.25) is 0 Å². The van der Waals surface area contributed by atoms with Crippen molar-refractivity contribution < 1.29 is 44.8 Å². The van der Waals surface area contributed by atoms with Gasteiger partial charge < -0.3 is 9.47 Å². The molecule has 0 aliphatic carbocycles. The van der Waals surface area contributed by atoms with Crippen LogP contribution in [0.5, 0.6) is 0 Å².